The van der Waals surface area contributed by atoms with Gasteiger partial charge in [0, 0.05) is 19.8 Å². The summed E-state index contributed by atoms with van der Waals surface area (Å²) in [6.07, 6.45) is 3.77. The second kappa shape index (κ2) is 5.83. The predicted molar refractivity (Wildman–Crippen MR) is 62.1 cm³/mol. The van der Waals surface area contributed by atoms with E-state index in [9.17, 15) is 0 Å². The van der Waals surface area contributed by atoms with Gasteiger partial charge in [0.25, 0.3) is 0 Å². The van der Waals surface area contributed by atoms with Gasteiger partial charge >= 0.3 is 0 Å². The fourth-order valence-electron chi connectivity index (χ4n) is 1.73. The normalized spacial score (nSPS) is 26.4. The minimum absolute atomic E-state index is 0.0508. The minimum atomic E-state index is -0.0508. The van der Waals surface area contributed by atoms with Crippen molar-refractivity contribution in [1.29, 1.82) is 0 Å². The molecule has 0 aromatic rings. The van der Waals surface area contributed by atoms with Crippen LogP contribution in [0.3, 0.4) is 0 Å². The molecule has 15 heavy (non-hydrogen) atoms. The van der Waals surface area contributed by atoms with Crippen LogP contribution in [-0.4, -0.2) is 38.0 Å². The molecule has 0 heterocycles. The Morgan fingerprint density at radius 2 is 2.00 bits per heavy atom. The van der Waals surface area contributed by atoms with Crippen LogP contribution in [0.4, 0.5) is 0 Å². The highest BCUT2D eigenvalue weighted by Gasteiger charge is 2.29. The third-order valence-corrected chi connectivity index (χ3v) is 3.20. The molecule has 1 saturated carbocycles. The Bertz CT molecular complexity index is 176. The molecule has 90 valence electrons. The molecule has 0 saturated heterocycles. The van der Waals surface area contributed by atoms with Crippen LogP contribution in [0, 0.1) is 0 Å². The Balaban J connectivity index is 1.99. The third-order valence-electron chi connectivity index (χ3n) is 3.20. The molecule has 1 rings (SSSR count). The van der Waals surface area contributed by atoms with E-state index in [0.717, 1.165) is 19.6 Å². The molecule has 0 amide bonds. The molecule has 0 spiro atoms. The first-order valence-electron chi connectivity index (χ1n) is 5.97. The first kappa shape index (κ1) is 12.9. The minimum Gasteiger partial charge on any atom is -0.379 e. The van der Waals surface area contributed by atoms with Gasteiger partial charge in [0.1, 0.15) is 0 Å². The topological polar surface area (TPSA) is 30.5 Å². The highest BCUT2D eigenvalue weighted by molar-refractivity contribution is 4.85. The summed E-state index contributed by atoms with van der Waals surface area (Å²) < 4.78 is 11.1. The smallest absolute Gasteiger partial charge is 0.0644 e. The van der Waals surface area contributed by atoms with Gasteiger partial charge in [0.2, 0.25) is 0 Å². The Kier molecular flexibility index (Phi) is 5.03. The SMILES string of the molecule is CCNC1CC(OCCC(C)(C)OC)C1. The molecule has 0 unspecified atom stereocenters. The summed E-state index contributed by atoms with van der Waals surface area (Å²) in [4.78, 5) is 0. The third kappa shape index (κ3) is 4.49. The molecule has 1 aliphatic carbocycles. The average Bonchev–Trinajstić information content (AvgIpc) is 2.14. The predicted octanol–water partition coefficient (Wildman–Crippen LogP) is 1.96. The van der Waals surface area contributed by atoms with Gasteiger partial charge in [0.15, 0.2) is 0 Å². The van der Waals surface area contributed by atoms with Crippen LogP contribution in [0.5, 0.6) is 0 Å². The molecule has 0 radical (unpaired) electrons. The van der Waals surface area contributed by atoms with Gasteiger partial charge in [-0.2, -0.15) is 0 Å². The molecular formula is C12H25NO2. The Hall–Kier alpha value is -0.120. The van der Waals surface area contributed by atoms with E-state index >= 15 is 0 Å². The number of ether oxygens (including phenoxy) is 2. The summed E-state index contributed by atoms with van der Waals surface area (Å²) in [6.45, 7) is 8.21. The van der Waals surface area contributed by atoms with Crippen molar-refractivity contribution in [1.82, 2.24) is 5.32 Å². The Labute approximate surface area is 93.5 Å². The van der Waals surface area contributed by atoms with Gasteiger partial charge in [-0.1, -0.05) is 6.92 Å². The van der Waals surface area contributed by atoms with Crippen LogP contribution in [-0.2, 0) is 9.47 Å². The van der Waals surface area contributed by atoms with Crippen molar-refractivity contribution in [3.63, 3.8) is 0 Å². The second-order valence-corrected chi connectivity index (χ2v) is 4.93. The summed E-state index contributed by atoms with van der Waals surface area (Å²) in [5.74, 6) is 0. The number of hydrogen-bond donors (Lipinski definition) is 1. The van der Waals surface area contributed by atoms with Crippen molar-refractivity contribution in [2.45, 2.75) is 57.8 Å². The molecule has 0 aromatic heterocycles. The van der Waals surface area contributed by atoms with E-state index in [0.29, 0.717) is 12.1 Å². The maximum Gasteiger partial charge on any atom is 0.0644 e. The molecule has 0 atom stereocenters. The van der Waals surface area contributed by atoms with E-state index < -0.39 is 0 Å². The molecule has 3 nitrogen and oxygen atoms in total. The summed E-state index contributed by atoms with van der Waals surface area (Å²) in [5, 5.41) is 3.43. The summed E-state index contributed by atoms with van der Waals surface area (Å²) >= 11 is 0. The van der Waals surface area contributed by atoms with E-state index in [4.69, 9.17) is 9.47 Å². The van der Waals surface area contributed by atoms with E-state index in [1.807, 2.05) is 0 Å². The second-order valence-electron chi connectivity index (χ2n) is 4.93. The molecule has 3 heteroatoms. The van der Waals surface area contributed by atoms with Crippen molar-refractivity contribution in [2.24, 2.45) is 0 Å². The molecule has 1 aliphatic rings. The van der Waals surface area contributed by atoms with Gasteiger partial charge in [-0.15, -0.1) is 0 Å². The maximum atomic E-state index is 5.77. The number of hydrogen-bond acceptors (Lipinski definition) is 3. The lowest BCUT2D eigenvalue weighted by atomic mass is 9.89. The molecule has 0 aromatic carbocycles. The molecule has 0 aliphatic heterocycles. The van der Waals surface area contributed by atoms with Crippen molar-refractivity contribution >= 4 is 0 Å². The highest BCUT2D eigenvalue weighted by Crippen LogP contribution is 2.24. The zero-order valence-corrected chi connectivity index (χ0v) is 10.5. The lowest BCUT2D eigenvalue weighted by molar-refractivity contribution is -0.0538. The van der Waals surface area contributed by atoms with E-state index in [1.54, 1.807) is 7.11 Å². The largest absolute Gasteiger partial charge is 0.379 e. The van der Waals surface area contributed by atoms with Gasteiger partial charge in [-0.25, -0.2) is 0 Å². The van der Waals surface area contributed by atoms with Gasteiger partial charge in [-0.3, -0.25) is 0 Å². The zero-order valence-electron chi connectivity index (χ0n) is 10.5. The van der Waals surface area contributed by atoms with Crippen LogP contribution >= 0.6 is 0 Å². The lowest BCUT2D eigenvalue weighted by Gasteiger charge is -2.36. The van der Waals surface area contributed by atoms with E-state index in [-0.39, 0.29) is 5.60 Å². The monoisotopic (exact) mass is 215 g/mol. The van der Waals surface area contributed by atoms with Crippen molar-refractivity contribution in [3.8, 4) is 0 Å². The van der Waals surface area contributed by atoms with Crippen LogP contribution in [0.1, 0.15) is 40.0 Å². The van der Waals surface area contributed by atoms with Crippen LogP contribution in [0.25, 0.3) is 0 Å². The number of nitrogens with one attached hydrogen (secondary N) is 1. The average molecular weight is 215 g/mol. The fourth-order valence-corrected chi connectivity index (χ4v) is 1.73. The first-order chi connectivity index (χ1) is 7.07. The van der Waals surface area contributed by atoms with E-state index in [2.05, 4.69) is 26.1 Å². The standard InChI is InChI=1S/C12H25NO2/c1-5-13-10-8-11(9-10)15-7-6-12(2,3)14-4/h10-11,13H,5-9H2,1-4H3. The van der Waals surface area contributed by atoms with E-state index in [1.165, 1.54) is 12.8 Å². The van der Waals surface area contributed by atoms with Gasteiger partial charge in [0.05, 0.1) is 11.7 Å². The molecule has 1 fully saturated rings. The molecule has 0 bridgehead atoms. The lowest BCUT2D eigenvalue weighted by Crippen LogP contribution is -2.45. The van der Waals surface area contributed by atoms with Crippen molar-refractivity contribution in [3.05, 3.63) is 0 Å². The Morgan fingerprint density at radius 3 is 2.53 bits per heavy atom. The number of rotatable bonds is 7. The Morgan fingerprint density at radius 1 is 1.33 bits per heavy atom. The van der Waals surface area contributed by atoms with Gasteiger partial charge < -0.3 is 14.8 Å². The van der Waals surface area contributed by atoms with Crippen molar-refractivity contribution in [2.75, 3.05) is 20.3 Å². The van der Waals surface area contributed by atoms with Gasteiger partial charge in [-0.05, 0) is 39.7 Å². The summed E-state index contributed by atoms with van der Waals surface area (Å²) in [7, 11) is 1.75. The van der Waals surface area contributed by atoms with Crippen molar-refractivity contribution < 1.29 is 9.47 Å². The maximum absolute atomic E-state index is 5.77. The van der Waals surface area contributed by atoms with Crippen LogP contribution in [0.2, 0.25) is 0 Å². The summed E-state index contributed by atoms with van der Waals surface area (Å²) in [6, 6.07) is 0.690. The molecule has 1 N–H and O–H groups in total. The van der Waals surface area contributed by atoms with Crippen LogP contribution < -0.4 is 5.32 Å². The zero-order chi connectivity index (χ0) is 11.3. The summed E-state index contributed by atoms with van der Waals surface area (Å²) in [5.41, 5.74) is -0.0508. The highest BCUT2D eigenvalue weighted by atomic mass is 16.5. The first-order valence-corrected chi connectivity index (χ1v) is 5.97. The molecular weight excluding hydrogens is 190 g/mol. The van der Waals surface area contributed by atoms with Crippen LogP contribution in [0.15, 0.2) is 0 Å². The fraction of sp³-hybridized carbons (Fsp3) is 1.00. The number of methoxy groups -OCH3 is 1. The quantitative estimate of drug-likeness (QED) is 0.704.